The van der Waals surface area contributed by atoms with Crippen molar-refractivity contribution in [2.24, 2.45) is 0 Å². The molecule has 6 aromatic rings. The summed E-state index contributed by atoms with van der Waals surface area (Å²) in [4.78, 5) is 18.1. The summed E-state index contributed by atoms with van der Waals surface area (Å²) in [6, 6.07) is 26.5. The summed E-state index contributed by atoms with van der Waals surface area (Å²) in [7, 11) is -1.91. The molecule has 7 rings (SSSR count). The topological polar surface area (TPSA) is 104 Å². The van der Waals surface area contributed by atoms with Gasteiger partial charge in [-0.15, -0.1) is 10.0 Å². The van der Waals surface area contributed by atoms with Crippen molar-refractivity contribution >= 4 is 21.9 Å². The van der Waals surface area contributed by atoms with Crippen LogP contribution in [0.3, 0.4) is 0 Å². The van der Waals surface area contributed by atoms with Gasteiger partial charge in [0.05, 0.1) is 0 Å². The Morgan fingerprint density at radius 2 is 0.867 bits per heavy atom. The highest BCUT2D eigenvalue weighted by Gasteiger charge is 2.31. The molecule has 9 heteroatoms. The molecular weight excluding hydrogens is 587 g/mol. The number of benzene rings is 4. The summed E-state index contributed by atoms with van der Waals surface area (Å²) < 4.78 is 31.2. The number of aromatic nitrogens is 4. The van der Waals surface area contributed by atoms with Gasteiger partial charge in [-0.1, -0.05) is 72.8 Å². The minimum Gasteiger partial charge on any atom is -0.368 e. The molecule has 4 aromatic carbocycles. The van der Waals surface area contributed by atoms with Crippen LogP contribution >= 0.6 is 10.0 Å². The van der Waals surface area contributed by atoms with Crippen molar-refractivity contribution in [2.75, 3.05) is 11.5 Å². The van der Waals surface area contributed by atoms with Gasteiger partial charge in [0.1, 0.15) is 11.6 Å². The Kier molecular flexibility index (Phi) is 7.15. The average Bonchev–Trinajstić information content (AvgIpc) is 3.57. The van der Waals surface area contributed by atoms with Crippen molar-refractivity contribution in [1.82, 2.24) is 19.9 Å². The lowest BCUT2D eigenvalue weighted by Gasteiger charge is -2.36. The van der Waals surface area contributed by atoms with E-state index in [2.05, 4.69) is 42.9 Å². The number of anilines is 2. The second-order valence-electron chi connectivity index (χ2n) is 10.4. The largest absolute Gasteiger partial charge is 0.368 e. The van der Waals surface area contributed by atoms with Crippen LogP contribution in [-0.4, -0.2) is 19.9 Å². The van der Waals surface area contributed by atoms with E-state index < -0.39 is 10.0 Å². The Bertz CT molecular complexity index is 1960. The van der Waals surface area contributed by atoms with E-state index in [9.17, 15) is 0 Å². The van der Waals surface area contributed by atoms with Crippen LogP contribution in [0.15, 0.2) is 142 Å². The molecule has 2 aromatic heterocycles. The van der Waals surface area contributed by atoms with Gasteiger partial charge in [-0.05, 0) is 57.3 Å². The molecule has 0 saturated carbocycles. The molecule has 1 aliphatic rings. The smallest absolute Gasteiger partial charge is 0.219 e. The number of halogens is 2. The number of hydrogen-bond acceptors (Lipinski definition) is 6. The Morgan fingerprint density at radius 3 is 1.27 bits per heavy atom. The maximum Gasteiger partial charge on any atom is 0.219 e. The van der Waals surface area contributed by atoms with Gasteiger partial charge in [0.25, 0.3) is 0 Å². The zero-order valence-electron chi connectivity index (χ0n) is 23.8. The predicted molar refractivity (Wildman–Crippen MR) is 177 cm³/mol. The van der Waals surface area contributed by atoms with E-state index in [4.69, 9.17) is 11.5 Å². The van der Waals surface area contributed by atoms with E-state index in [1.807, 2.05) is 60.7 Å². The Labute approximate surface area is 260 Å². The Morgan fingerprint density at radius 1 is 0.467 bits per heavy atom. The highest BCUT2D eigenvalue weighted by Crippen LogP contribution is 2.70. The van der Waals surface area contributed by atoms with Crippen molar-refractivity contribution < 1.29 is 8.78 Å². The van der Waals surface area contributed by atoms with Gasteiger partial charge in [0.2, 0.25) is 11.9 Å². The number of allylic oxidation sites excluding steroid dienone is 2. The lowest BCUT2D eigenvalue weighted by atomic mass is 10.0. The number of hydrogen-bond donors (Lipinski definition) is 2. The van der Waals surface area contributed by atoms with Crippen molar-refractivity contribution in [3.63, 3.8) is 0 Å². The summed E-state index contributed by atoms with van der Waals surface area (Å²) in [6.45, 7) is 0. The minimum atomic E-state index is -1.91. The van der Waals surface area contributed by atoms with Crippen LogP contribution in [-0.2, 0) is 0 Å². The molecule has 0 fully saturated rings. The quantitative estimate of drug-likeness (QED) is 0.195. The van der Waals surface area contributed by atoms with E-state index >= 15 is 8.78 Å². The fourth-order valence-electron chi connectivity index (χ4n) is 5.58. The first-order chi connectivity index (χ1) is 21.9. The summed E-state index contributed by atoms with van der Waals surface area (Å²) in [5, 5.41) is 4.41. The fraction of sp³-hybridized carbons (Fsp3) is 0. The van der Waals surface area contributed by atoms with Crippen LogP contribution in [0.1, 0.15) is 0 Å². The van der Waals surface area contributed by atoms with E-state index in [0.29, 0.717) is 22.3 Å². The average molecular weight is 613 g/mol. The van der Waals surface area contributed by atoms with E-state index in [0.717, 1.165) is 32.0 Å². The van der Waals surface area contributed by atoms with Gasteiger partial charge >= 0.3 is 0 Å². The predicted octanol–water partition coefficient (Wildman–Crippen LogP) is 8.64. The first-order valence-electron chi connectivity index (χ1n) is 14.0. The second-order valence-corrected chi connectivity index (χ2v) is 13.3. The fourth-order valence-corrected chi connectivity index (χ4v) is 8.88. The van der Waals surface area contributed by atoms with Crippen LogP contribution in [0, 0.1) is 11.6 Å². The number of nitrogens with zero attached hydrogens (tertiary/aromatic N) is 4. The Balaban J connectivity index is 1.33. The molecule has 6 nitrogen and oxygen atoms in total. The van der Waals surface area contributed by atoms with Crippen LogP contribution in [0.4, 0.5) is 20.7 Å². The van der Waals surface area contributed by atoms with Gasteiger partial charge < -0.3 is 11.5 Å². The van der Waals surface area contributed by atoms with Gasteiger partial charge in [0, 0.05) is 56.8 Å². The van der Waals surface area contributed by atoms with Crippen LogP contribution in [0.25, 0.3) is 44.5 Å². The number of nitrogen functional groups attached to an aromatic ring is 2. The lowest BCUT2D eigenvalue weighted by Crippen LogP contribution is -2.00. The van der Waals surface area contributed by atoms with Crippen molar-refractivity contribution in [3.8, 4) is 44.5 Å². The minimum absolute atomic E-state index is 0.131. The van der Waals surface area contributed by atoms with Gasteiger partial charge in [-0.25, -0.2) is 28.7 Å². The third-order valence-electron chi connectivity index (χ3n) is 7.73. The molecule has 0 saturated heterocycles. The molecule has 0 bridgehead atoms. The maximum atomic E-state index is 15.6. The summed E-state index contributed by atoms with van der Waals surface area (Å²) >= 11 is 0. The summed E-state index contributed by atoms with van der Waals surface area (Å²) in [5.74, 6) is -0.517. The highest BCUT2D eigenvalue weighted by atomic mass is 32.3. The standard InChI is InChI=1S/C36H26F2N6S/c37-31-17-23(11-13-27(31)25-19-41-35(39)42-20-25)29-7-1-3-9-33(29)45(15-5-6-16-45)34-10-4-2-8-30(34)24-12-14-28(32(38)18-24)26-21-43-36(40)44-22-26/h1-22H,(H2,39,41,42)(H2,40,43,44). The normalized spacial score (nSPS) is 14.0. The third-order valence-corrected chi connectivity index (χ3v) is 11.1. The van der Waals surface area contributed by atoms with E-state index in [1.165, 1.54) is 24.8 Å². The SMILES string of the molecule is Nc1ncc(-c2ccc(-c3ccccc3S3(c4ccccc4-c4ccc(-c5cnc(N)nc5)c(F)c4)C=CC=C3)cc2F)cn1. The molecule has 0 unspecified atom stereocenters. The van der Waals surface area contributed by atoms with Crippen LogP contribution in [0.2, 0.25) is 0 Å². The highest BCUT2D eigenvalue weighted by molar-refractivity contribution is 8.38. The first-order valence-corrected chi connectivity index (χ1v) is 15.8. The van der Waals surface area contributed by atoms with Crippen molar-refractivity contribution in [3.05, 3.63) is 144 Å². The third kappa shape index (κ3) is 5.13. The maximum absolute atomic E-state index is 15.6. The molecule has 0 amide bonds. The van der Waals surface area contributed by atoms with E-state index in [1.54, 1.807) is 24.3 Å². The zero-order valence-corrected chi connectivity index (χ0v) is 24.6. The Hall–Kier alpha value is -5.67. The summed E-state index contributed by atoms with van der Waals surface area (Å²) in [5.41, 5.74) is 16.4. The van der Waals surface area contributed by atoms with E-state index in [-0.39, 0.29) is 23.5 Å². The number of rotatable bonds is 6. The van der Waals surface area contributed by atoms with Gasteiger partial charge in [0.15, 0.2) is 0 Å². The zero-order chi connectivity index (χ0) is 31.0. The molecule has 0 atom stereocenters. The molecular formula is C36H26F2N6S. The van der Waals surface area contributed by atoms with Gasteiger partial charge in [-0.2, -0.15) is 0 Å². The van der Waals surface area contributed by atoms with Crippen molar-refractivity contribution in [1.29, 1.82) is 0 Å². The molecule has 0 spiro atoms. The number of nitrogens with two attached hydrogens (primary N) is 2. The summed E-state index contributed by atoms with van der Waals surface area (Å²) in [6.07, 6.45) is 10.1. The molecule has 4 N–H and O–H groups in total. The van der Waals surface area contributed by atoms with Gasteiger partial charge in [-0.3, -0.25) is 0 Å². The monoisotopic (exact) mass is 612 g/mol. The first kappa shape index (κ1) is 28.1. The van der Waals surface area contributed by atoms with Crippen LogP contribution < -0.4 is 11.5 Å². The lowest BCUT2D eigenvalue weighted by molar-refractivity contribution is 0.631. The van der Waals surface area contributed by atoms with Crippen molar-refractivity contribution in [2.45, 2.75) is 9.79 Å². The van der Waals surface area contributed by atoms with Crippen LogP contribution in [0.5, 0.6) is 0 Å². The second kappa shape index (κ2) is 11.4. The molecule has 3 heterocycles. The molecule has 1 aliphatic heterocycles. The molecule has 220 valence electrons. The molecule has 0 aliphatic carbocycles. The molecule has 0 radical (unpaired) electrons. The molecule has 45 heavy (non-hydrogen) atoms.